The van der Waals surface area contributed by atoms with Crippen LogP contribution in [0.25, 0.3) is 0 Å². The number of rotatable bonds is 3. The second-order valence-electron chi connectivity index (χ2n) is 3.51. The van der Waals surface area contributed by atoms with Crippen molar-refractivity contribution < 1.29 is 9.90 Å². The second kappa shape index (κ2) is 2.48. The molecule has 1 saturated heterocycles. The molecule has 1 saturated carbocycles. The fourth-order valence-electron chi connectivity index (χ4n) is 1.69. The highest BCUT2D eigenvalue weighted by molar-refractivity contribution is 5.74. The number of carboxylic acids is 1. The summed E-state index contributed by atoms with van der Waals surface area (Å²) < 4.78 is 0. The van der Waals surface area contributed by atoms with E-state index in [0.29, 0.717) is 5.92 Å². The molecule has 0 bridgehead atoms. The van der Waals surface area contributed by atoms with Crippen molar-refractivity contribution >= 4 is 5.97 Å². The Morgan fingerprint density at radius 3 is 2.36 bits per heavy atom. The third-order valence-corrected chi connectivity index (χ3v) is 2.61. The summed E-state index contributed by atoms with van der Waals surface area (Å²) in [6.07, 6.45) is 3.41. The van der Waals surface area contributed by atoms with Gasteiger partial charge in [0, 0.05) is 13.1 Å². The molecule has 2 fully saturated rings. The molecule has 3 heteroatoms. The predicted octanol–water partition coefficient (Wildman–Crippen LogP) is 0.555. The van der Waals surface area contributed by atoms with Crippen LogP contribution in [0.1, 0.15) is 19.3 Å². The van der Waals surface area contributed by atoms with E-state index in [-0.39, 0.29) is 6.04 Å². The first-order valence-electron chi connectivity index (χ1n) is 4.26. The van der Waals surface area contributed by atoms with Crippen LogP contribution in [-0.4, -0.2) is 35.1 Å². The Kier molecular flexibility index (Phi) is 1.60. The van der Waals surface area contributed by atoms with E-state index in [1.165, 1.54) is 6.42 Å². The average Bonchev–Trinajstić information content (AvgIpc) is 2.58. The number of carbonyl (C=O) groups is 1. The molecule has 1 unspecified atom stereocenters. The fourth-order valence-corrected chi connectivity index (χ4v) is 1.69. The minimum absolute atomic E-state index is 0.149. The van der Waals surface area contributed by atoms with Crippen molar-refractivity contribution in [3.63, 3.8) is 0 Å². The summed E-state index contributed by atoms with van der Waals surface area (Å²) in [6.45, 7) is 1.99. The molecule has 1 N–H and O–H groups in total. The standard InChI is InChI=1S/C8H13NO2/c10-8(11)7(6-2-3-6)9-4-1-5-9/h6-7H,1-5H2,(H,10,11). The lowest BCUT2D eigenvalue weighted by molar-refractivity contribution is -0.145. The van der Waals surface area contributed by atoms with Gasteiger partial charge in [-0.25, -0.2) is 0 Å². The number of carboxylic acid groups (broad SMARTS) is 1. The van der Waals surface area contributed by atoms with E-state index in [0.717, 1.165) is 25.9 Å². The van der Waals surface area contributed by atoms with Gasteiger partial charge >= 0.3 is 5.97 Å². The van der Waals surface area contributed by atoms with E-state index >= 15 is 0 Å². The zero-order valence-corrected chi connectivity index (χ0v) is 6.49. The van der Waals surface area contributed by atoms with Gasteiger partial charge in [0.15, 0.2) is 0 Å². The monoisotopic (exact) mass is 155 g/mol. The topological polar surface area (TPSA) is 40.5 Å². The fraction of sp³-hybridized carbons (Fsp3) is 0.875. The summed E-state index contributed by atoms with van der Waals surface area (Å²) in [4.78, 5) is 12.9. The quantitative estimate of drug-likeness (QED) is 0.647. The Balaban J connectivity index is 1.96. The highest BCUT2D eigenvalue weighted by Gasteiger charge is 2.41. The largest absolute Gasteiger partial charge is 0.480 e. The van der Waals surface area contributed by atoms with Gasteiger partial charge in [0.2, 0.25) is 0 Å². The van der Waals surface area contributed by atoms with E-state index in [1.807, 2.05) is 0 Å². The Labute approximate surface area is 66.0 Å². The summed E-state index contributed by atoms with van der Waals surface area (Å²) in [5.74, 6) is -0.153. The van der Waals surface area contributed by atoms with Crippen molar-refractivity contribution in [3.8, 4) is 0 Å². The van der Waals surface area contributed by atoms with Crippen LogP contribution in [0.4, 0.5) is 0 Å². The van der Waals surface area contributed by atoms with Gasteiger partial charge in [0.1, 0.15) is 6.04 Å². The molecule has 1 atom stereocenters. The molecule has 1 aliphatic heterocycles. The van der Waals surface area contributed by atoms with Crippen LogP contribution < -0.4 is 0 Å². The highest BCUT2D eigenvalue weighted by Crippen LogP contribution is 2.36. The summed E-state index contributed by atoms with van der Waals surface area (Å²) in [7, 11) is 0. The second-order valence-corrected chi connectivity index (χ2v) is 3.51. The van der Waals surface area contributed by atoms with Crippen molar-refractivity contribution in [2.75, 3.05) is 13.1 Å². The summed E-state index contributed by atoms with van der Waals surface area (Å²) in [5.41, 5.74) is 0. The minimum Gasteiger partial charge on any atom is -0.480 e. The van der Waals surface area contributed by atoms with Gasteiger partial charge in [-0.2, -0.15) is 0 Å². The molecule has 62 valence electrons. The van der Waals surface area contributed by atoms with Gasteiger partial charge < -0.3 is 5.11 Å². The zero-order chi connectivity index (χ0) is 7.84. The van der Waals surface area contributed by atoms with E-state index in [2.05, 4.69) is 4.90 Å². The maximum absolute atomic E-state index is 10.8. The maximum Gasteiger partial charge on any atom is 0.321 e. The average molecular weight is 155 g/mol. The molecule has 2 rings (SSSR count). The van der Waals surface area contributed by atoms with Gasteiger partial charge in [-0.1, -0.05) is 0 Å². The third-order valence-electron chi connectivity index (χ3n) is 2.61. The van der Waals surface area contributed by atoms with E-state index in [4.69, 9.17) is 5.11 Å². The van der Waals surface area contributed by atoms with Crippen LogP contribution in [0.15, 0.2) is 0 Å². The smallest absolute Gasteiger partial charge is 0.321 e. The maximum atomic E-state index is 10.8. The number of hydrogen-bond acceptors (Lipinski definition) is 2. The lowest BCUT2D eigenvalue weighted by Gasteiger charge is -2.36. The highest BCUT2D eigenvalue weighted by atomic mass is 16.4. The third kappa shape index (κ3) is 1.25. The minimum atomic E-state index is -0.618. The van der Waals surface area contributed by atoms with Crippen LogP contribution >= 0.6 is 0 Å². The molecule has 0 radical (unpaired) electrons. The lowest BCUT2D eigenvalue weighted by atomic mass is 10.1. The Morgan fingerprint density at radius 2 is 2.09 bits per heavy atom. The SMILES string of the molecule is O=C(O)C(C1CC1)N1CCC1. The molecule has 0 aromatic rings. The normalized spacial score (nSPS) is 27.6. The van der Waals surface area contributed by atoms with Crippen LogP contribution in [0, 0.1) is 5.92 Å². The van der Waals surface area contributed by atoms with Gasteiger partial charge in [-0.15, -0.1) is 0 Å². The number of nitrogens with zero attached hydrogens (tertiary/aromatic N) is 1. The Morgan fingerprint density at radius 1 is 1.45 bits per heavy atom. The van der Waals surface area contributed by atoms with E-state index < -0.39 is 5.97 Å². The molecule has 0 aromatic carbocycles. The van der Waals surface area contributed by atoms with Gasteiger partial charge in [0.25, 0.3) is 0 Å². The molecule has 1 aliphatic carbocycles. The predicted molar refractivity (Wildman–Crippen MR) is 40.3 cm³/mol. The van der Waals surface area contributed by atoms with Crippen LogP contribution in [0.5, 0.6) is 0 Å². The van der Waals surface area contributed by atoms with Crippen molar-refractivity contribution in [3.05, 3.63) is 0 Å². The Hall–Kier alpha value is -0.570. The summed E-state index contributed by atoms with van der Waals surface area (Å²) >= 11 is 0. The zero-order valence-electron chi connectivity index (χ0n) is 6.49. The first-order chi connectivity index (χ1) is 5.29. The lowest BCUT2D eigenvalue weighted by Crippen LogP contribution is -2.50. The van der Waals surface area contributed by atoms with Crippen LogP contribution in [-0.2, 0) is 4.79 Å². The van der Waals surface area contributed by atoms with Crippen LogP contribution in [0.2, 0.25) is 0 Å². The van der Waals surface area contributed by atoms with Crippen molar-refractivity contribution in [1.82, 2.24) is 4.90 Å². The first kappa shape index (κ1) is 7.10. The molecule has 0 spiro atoms. The first-order valence-corrected chi connectivity index (χ1v) is 4.26. The molecule has 0 aromatic heterocycles. The van der Waals surface area contributed by atoms with E-state index in [9.17, 15) is 4.79 Å². The molecule has 3 nitrogen and oxygen atoms in total. The van der Waals surface area contributed by atoms with Crippen molar-refractivity contribution in [2.45, 2.75) is 25.3 Å². The van der Waals surface area contributed by atoms with Gasteiger partial charge in [0.05, 0.1) is 0 Å². The molecular formula is C8H13NO2. The van der Waals surface area contributed by atoms with E-state index in [1.54, 1.807) is 0 Å². The van der Waals surface area contributed by atoms with Gasteiger partial charge in [-0.3, -0.25) is 9.69 Å². The number of aliphatic carboxylic acids is 1. The van der Waals surface area contributed by atoms with Crippen molar-refractivity contribution in [2.24, 2.45) is 5.92 Å². The summed E-state index contributed by atoms with van der Waals surface area (Å²) in [5, 5.41) is 8.88. The molecular weight excluding hydrogens is 142 g/mol. The number of hydrogen-bond donors (Lipinski definition) is 1. The Bertz CT molecular complexity index is 173. The molecule has 1 heterocycles. The van der Waals surface area contributed by atoms with Gasteiger partial charge in [-0.05, 0) is 25.2 Å². The molecule has 11 heavy (non-hydrogen) atoms. The molecule has 0 amide bonds. The van der Waals surface area contributed by atoms with Crippen molar-refractivity contribution in [1.29, 1.82) is 0 Å². The number of likely N-dealkylation sites (tertiary alicyclic amines) is 1. The van der Waals surface area contributed by atoms with Crippen LogP contribution in [0.3, 0.4) is 0 Å². The molecule has 2 aliphatic rings. The summed E-state index contributed by atoms with van der Waals surface area (Å²) in [6, 6.07) is -0.149.